The average molecular weight is 232 g/mol. The second kappa shape index (κ2) is 5.71. The zero-order valence-corrected chi connectivity index (χ0v) is 11.5. The smallest absolute Gasteiger partial charge is 0.242 e. The number of allylic oxidation sites excluding steroid dienone is 2. The minimum absolute atomic E-state index is 0.961. The SMILES string of the molecule is C/C=C(/C=C/c1ccccc1)O[Si](C)(C)C. The van der Waals surface area contributed by atoms with Gasteiger partial charge in [-0.05, 0) is 44.3 Å². The molecule has 0 saturated heterocycles. The predicted octanol–water partition coefficient (Wildman–Crippen LogP) is 4.46. The van der Waals surface area contributed by atoms with E-state index in [4.69, 9.17) is 4.43 Å². The molecule has 86 valence electrons. The third-order valence-corrected chi connectivity index (χ3v) is 2.80. The second-order valence-corrected chi connectivity index (χ2v) is 9.08. The summed E-state index contributed by atoms with van der Waals surface area (Å²) in [5, 5.41) is 0. The van der Waals surface area contributed by atoms with Crippen LogP contribution in [0.5, 0.6) is 0 Å². The number of hydrogen-bond donors (Lipinski definition) is 0. The van der Waals surface area contributed by atoms with E-state index in [0.29, 0.717) is 0 Å². The highest BCUT2D eigenvalue weighted by Crippen LogP contribution is 2.13. The van der Waals surface area contributed by atoms with Gasteiger partial charge in [0.2, 0.25) is 8.32 Å². The molecule has 0 unspecified atom stereocenters. The van der Waals surface area contributed by atoms with Crippen molar-refractivity contribution in [1.29, 1.82) is 0 Å². The lowest BCUT2D eigenvalue weighted by molar-refractivity contribution is 0.441. The summed E-state index contributed by atoms with van der Waals surface area (Å²) in [7, 11) is -1.50. The molecule has 0 saturated carbocycles. The molecule has 16 heavy (non-hydrogen) atoms. The summed E-state index contributed by atoms with van der Waals surface area (Å²) in [6.07, 6.45) is 6.13. The number of rotatable bonds is 4. The molecular formula is C14H20OSi. The van der Waals surface area contributed by atoms with Gasteiger partial charge in [-0.2, -0.15) is 0 Å². The van der Waals surface area contributed by atoms with Gasteiger partial charge in [0.15, 0.2) is 0 Å². The summed E-state index contributed by atoms with van der Waals surface area (Å²) >= 11 is 0. The molecule has 0 bridgehead atoms. The third kappa shape index (κ3) is 4.98. The maximum absolute atomic E-state index is 5.92. The van der Waals surface area contributed by atoms with E-state index in [-0.39, 0.29) is 0 Å². The maximum Gasteiger partial charge on any atom is 0.242 e. The predicted molar refractivity (Wildman–Crippen MR) is 73.7 cm³/mol. The van der Waals surface area contributed by atoms with Crippen LogP contribution in [0.15, 0.2) is 48.2 Å². The molecule has 0 aromatic heterocycles. The van der Waals surface area contributed by atoms with Crippen LogP contribution in [0.2, 0.25) is 19.6 Å². The van der Waals surface area contributed by atoms with Gasteiger partial charge in [0, 0.05) is 0 Å². The fourth-order valence-corrected chi connectivity index (χ4v) is 2.18. The molecule has 0 aliphatic carbocycles. The van der Waals surface area contributed by atoms with Gasteiger partial charge in [-0.3, -0.25) is 0 Å². The van der Waals surface area contributed by atoms with E-state index >= 15 is 0 Å². The number of hydrogen-bond acceptors (Lipinski definition) is 1. The Balaban J connectivity index is 2.69. The maximum atomic E-state index is 5.92. The molecule has 0 fully saturated rings. The Labute approximate surface area is 99.6 Å². The molecule has 0 N–H and O–H groups in total. The summed E-state index contributed by atoms with van der Waals surface area (Å²) in [5.41, 5.74) is 1.20. The first-order chi connectivity index (χ1) is 7.51. The topological polar surface area (TPSA) is 9.23 Å². The fourth-order valence-electron chi connectivity index (χ4n) is 1.29. The zero-order valence-electron chi connectivity index (χ0n) is 10.5. The van der Waals surface area contributed by atoms with Crippen molar-refractivity contribution in [2.24, 2.45) is 0 Å². The van der Waals surface area contributed by atoms with Crippen molar-refractivity contribution in [3.05, 3.63) is 53.8 Å². The molecule has 0 aliphatic rings. The van der Waals surface area contributed by atoms with Crippen molar-refractivity contribution >= 4 is 14.4 Å². The largest absolute Gasteiger partial charge is 0.545 e. The van der Waals surface area contributed by atoms with Gasteiger partial charge < -0.3 is 4.43 Å². The first kappa shape index (κ1) is 12.8. The minimum Gasteiger partial charge on any atom is -0.545 e. The standard InChI is InChI=1S/C14H20OSi/c1-5-14(15-16(2,3)4)12-11-13-9-7-6-8-10-13/h5-12H,1-4H3/b12-11+,14-5-. The van der Waals surface area contributed by atoms with E-state index in [1.807, 2.05) is 37.3 Å². The van der Waals surface area contributed by atoms with E-state index in [9.17, 15) is 0 Å². The molecule has 0 spiro atoms. The second-order valence-electron chi connectivity index (χ2n) is 4.65. The number of benzene rings is 1. The molecule has 1 aromatic carbocycles. The average Bonchev–Trinajstić information content (AvgIpc) is 2.24. The lowest BCUT2D eigenvalue weighted by Crippen LogP contribution is -2.24. The Morgan fingerprint density at radius 2 is 1.75 bits per heavy atom. The van der Waals surface area contributed by atoms with Gasteiger partial charge in [0.05, 0.1) is 5.76 Å². The van der Waals surface area contributed by atoms with Gasteiger partial charge in [0.1, 0.15) is 0 Å². The van der Waals surface area contributed by atoms with Crippen LogP contribution in [0, 0.1) is 0 Å². The molecule has 0 heterocycles. The van der Waals surface area contributed by atoms with Crippen LogP contribution in [0.1, 0.15) is 12.5 Å². The van der Waals surface area contributed by atoms with Gasteiger partial charge in [-0.1, -0.05) is 36.4 Å². The van der Waals surface area contributed by atoms with Crippen LogP contribution in [0.25, 0.3) is 6.08 Å². The molecule has 1 rings (SSSR count). The van der Waals surface area contributed by atoms with Crippen LogP contribution in [-0.2, 0) is 4.43 Å². The van der Waals surface area contributed by atoms with Crippen LogP contribution >= 0.6 is 0 Å². The van der Waals surface area contributed by atoms with Crippen molar-refractivity contribution in [2.75, 3.05) is 0 Å². The lowest BCUT2D eigenvalue weighted by atomic mass is 10.2. The zero-order chi connectivity index (χ0) is 12.0. The fraction of sp³-hybridized carbons (Fsp3) is 0.286. The Bertz CT molecular complexity index is 371. The summed E-state index contributed by atoms with van der Waals surface area (Å²) in [6.45, 7) is 8.57. The van der Waals surface area contributed by atoms with E-state index in [2.05, 4.69) is 37.8 Å². The van der Waals surface area contributed by atoms with E-state index in [1.54, 1.807) is 0 Å². The van der Waals surface area contributed by atoms with E-state index in [0.717, 1.165) is 5.76 Å². The van der Waals surface area contributed by atoms with Crippen LogP contribution in [0.3, 0.4) is 0 Å². The monoisotopic (exact) mass is 232 g/mol. The Morgan fingerprint density at radius 3 is 2.25 bits per heavy atom. The molecule has 0 radical (unpaired) electrons. The van der Waals surface area contributed by atoms with Crippen molar-refractivity contribution in [3.8, 4) is 0 Å². The molecule has 2 heteroatoms. The van der Waals surface area contributed by atoms with E-state index < -0.39 is 8.32 Å². The minimum atomic E-state index is -1.50. The van der Waals surface area contributed by atoms with Gasteiger partial charge in [-0.25, -0.2) is 0 Å². The van der Waals surface area contributed by atoms with Crippen LogP contribution in [-0.4, -0.2) is 8.32 Å². The molecule has 1 aromatic rings. The van der Waals surface area contributed by atoms with Gasteiger partial charge >= 0.3 is 0 Å². The Kier molecular flexibility index (Phi) is 4.56. The van der Waals surface area contributed by atoms with Gasteiger partial charge in [-0.15, -0.1) is 0 Å². The van der Waals surface area contributed by atoms with Gasteiger partial charge in [0.25, 0.3) is 0 Å². The third-order valence-electron chi connectivity index (χ3n) is 1.95. The van der Waals surface area contributed by atoms with Crippen molar-refractivity contribution in [1.82, 2.24) is 0 Å². The Morgan fingerprint density at radius 1 is 1.12 bits per heavy atom. The van der Waals surface area contributed by atoms with Crippen molar-refractivity contribution in [2.45, 2.75) is 26.6 Å². The van der Waals surface area contributed by atoms with Crippen molar-refractivity contribution in [3.63, 3.8) is 0 Å². The highest BCUT2D eigenvalue weighted by Gasteiger charge is 2.15. The molecule has 1 nitrogen and oxygen atoms in total. The normalized spacial score (nSPS) is 13.1. The molecular weight excluding hydrogens is 212 g/mol. The summed E-state index contributed by atoms with van der Waals surface area (Å²) in [5.74, 6) is 0.961. The summed E-state index contributed by atoms with van der Waals surface area (Å²) in [6, 6.07) is 10.3. The highest BCUT2D eigenvalue weighted by atomic mass is 28.4. The lowest BCUT2D eigenvalue weighted by Gasteiger charge is -2.19. The Hall–Kier alpha value is -1.28. The summed E-state index contributed by atoms with van der Waals surface area (Å²) < 4.78 is 5.92. The quantitative estimate of drug-likeness (QED) is 0.423. The molecule has 0 atom stereocenters. The van der Waals surface area contributed by atoms with Crippen molar-refractivity contribution < 1.29 is 4.43 Å². The van der Waals surface area contributed by atoms with E-state index in [1.165, 1.54) is 5.56 Å². The first-order valence-corrected chi connectivity index (χ1v) is 9.00. The summed E-state index contributed by atoms with van der Waals surface area (Å²) in [4.78, 5) is 0. The highest BCUT2D eigenvalue weighted by molar-refractivity contribution is 6.70. The molecule has 0 aliphatic heterocycles. The van der Waals surface area contributed by atoms with Crippen LogP contribution in [0.4, 0.5) is 0 Å². The first-order valence-electron chi connectivity index (χ1n) is 5.60. The van der Waals surface area contributed by atoms with Crippen LogP contribution < -0.4 is 0 Å². The molecule has 0 amide bonds.